The van der Waals surface area contributed by atoms with Crippen LogP contribution in [0, 0.1) is 0 Å². The molecule has 9 heteroatoms. The molecule has 6 nitrogen and oxygen atoms in total. The third-order valence-electron chi connectivity index (χ3n) is 4.51. The van der Waals surface area contributed by atoms with Gasteiger partial charge in [-0.2, -0.15) is 0 Å². The molecule has 2 unspecified atom stereocenters. The highest BCUT2D eigenvalue weighted by molar-refractivity contribution is 7.16. The molecule has 1 saturated heterocycles. The Bertz CT molecular complexity index is 732. The summed E-state index contributed by atoms with van der Waals surface area (Å²) in [6, 6.07) is 8.15. The van der Waals surface area contributed by atoms with Crippen LogP contribution in [-0.4, -0.2) is 61.9 Å². The van der Waals surface area contributed by atoms with Gasteiger partial charge in [0, 0.05) is 35.9 Å². The van der Waals surface area contributed by atoms with E-state index in [4.69, 9.17) is 21.3 Å². The predicted molar refractivity (Wildman–Crippen MR) is 118 cm³/mol. The lowest BCUT2D eigenvalue weighted by molar-refractivity contribution is 0.0186. The van der Waals surface area contributed by atoms with E-state index in [1.807, 2.05) is 13.0 Å². The van der Waals surface area contributed by atoms with Crippen molar-refractivity contribution in [1.29, 1.82) is 0 Å². The summed E-state index contributed by atoms with van der Waals surface area (Å²) in [6.45, 7) is 7.18. The van der Waals surface area contributed by atoms with Crippen LogP contribution in [0.5, 0.6) is 0 Å². The molecule has 2 aromatic heterocycles. The summed E-state index contributed by atoms with van der Waals surface area (Å²) in [5.74, 6) is 0.707. The fourth-order valence-electron chi connectivity index (χ4n) is 3.08. The van der Waals surface area contributed by atoms with Crippen molar-refractivity contribution in [3.63, 3.8) is 0 Å². The summed E-state index contributed by atoms with van der Waals surface area (Å²) in [5.41, 5.74) is 0. The van der Waals surface area contributed by atoms with Crippen LogP contribution in [-0.2, 0) is 4.74 Å². The Morgan fingerprint density at radius 1 is 1.29 bits per heavy atom. The number of aliphatic hydroxyl groups is 1. The maximum atomic E-state index is 10.4. The zero-order valence-electron chi connectivity index (χ0n) is 15.9. The first-order valence-electron chi connectivity index (χ1n) is 9.48. The van der Waals surface area contributed by atoms with Gasteiger partial charge in [0.2, 0.25) is 0 Å². The van der Waals surface area contributed by atoms with Crippen molar-refractivity contribution in [1.82, 2.24) is 15.5 Å². The molecule has 0 saturated carbocycles. The zero-order chi connectivity index (χ0) is 19.8. The Morgan fingerprint density at radius 2 is 2.11 bits per heavy atom. The zero-order valence-corrected chi connectivity index (χ0v) is 18.3. The molecule has 3 heterocycles. The number of halogens is 1. The SMILES string of the molecule is CCNC(=NCC(c1cccs1)N1CCOCC1)NCC(O)c1ccc(Cl)s1. The molecule has 1 fully saturated rings. The van der Waals surface area contributed by atoms with Crippen LogP contribution in [0.1, 0.15) is 28.8 Å². The van der Waals surface area contributed by atoms with Crippen LogP contribution in [0.4, 0.5) is 0 Å². The Kier molecular flexibility index (Phi) is 8.57. The molecule has 3 rings (SSSR count). The fourth-order valence-corrected chi connectivity index (χ4v) is 4.98. The smallest absolute Gasteiger partial charge is 0.191 e. The van der Waals surface area contributed by atoms with E-state index in [1.165, 1.54) is 16.2 Å². The standard InChI is InChI=1S/C19H27ClN4O2S2/c1-2-21-19(23-13-15(25)17-5-6-18(20)28-17)22-12-14(16-4-3-11-27-16)24-7-9-26-10-8-24/h3-6,11,14-15,25H,2,7-10,12-13H2,1H3,(H2,21,22,23). The Balaban J connectivity index is 1.63. The van der Waals surface area contributed by atoms with Gasteiger partial charge in [0.05, 0.1) is 30.1 Å². The molecule has 1 aliphatic heterocycles. The van der Waals surface area contributed by atoms with Crippen molar-refractivity contribution < 1.29 is 9.84 Å². The lowest BCUT2D eigenvalue weighted by Crippen LogP contribution is -2.42. The highest BCUT2D eigenvalue weighted by Crippen LogP contribution is 2.27. The number of rotatable bonds is 8. The second-order valence-corrected chi connectivity index (χ2v) is 9.16. The van der Waals surface area contributed by atoms with Gasteiger partial charge in [0.25, 0.3) is 0 Å². The molecule has 0 bridgehead atoms. The number of nitrogens with zero attached hydrogens (tertiary/aromatic N) is 2. The summed E-state index contributed by atoms with van der Waals surface area (Å²) in [6.07, 6.45) is -0.617. The maximum absolute atomic E-state index is 10.4. The van der Waals surface area contributed by atoms with Gasteiger partial charge in [-0.05, 0) is 30.5 Å². The number of aliphatic hydroxyl groups excluding tert-OH is 1. The molecule has 2 atom stereocenters. The molecule has 2 aromatic rings. The van der Waals surface area contributed by atoms with Crippen molar-refractivity contribution in [3.05, 3.63) is 43.7 Å². The Hall–Kier alpha value is -1.16. The molecule has 1 aliphatic rings. The lowest BCUT2D eigenvalue weighted by atomic mass is 10.2. The fraction of sp³-hybridized carbons (Fsp3) is 0.526. The van der Waals surface area contributed by atoms with E-state index in [1.54, 1.807) is 17.4 Å². The first-order valence-corrected chi connectivity index (χ1v) is 11.6. The summed E-state index contributed by atoms with van der Waals surface area (Å²) in [5, 5.41) is 19.0. The molecule has 154 valence electrons. The summed E-state index contributed by atoms with van der Waals surface area (Å²) in [7, 11) is 0. The molecule has 0 aliphatic carbocycles. The van der Waals surface area contributed by atoms with E-state index in [2.05, 4.69) is 33.0 Å². The van der Waals surface area contributed by atoms with Gasteiger partial charge in [-0.25, -0.2) is 0 Å². The van der Waals surface area contributed by atoms with Crippen LogP contribution in [0.15, 0.2) is 34.6 Å². The minimum absolute atomic E-state index is 0.236. The first-order chi connectivity index (χ1) is 13.7. The number of nitrogens with one attached hydrogen (secondary N) is 2. The second kappa shape index (κ2) is 11.1. The van der Waals surface area contributed by atoms with E-state index in [9.17, 15) is 5.11 Å². The van der Waals surface area contributed by atoms with E-state index in [0.29, 0.717) is 23.4 Å². The highest BCUT2D eigenvalue weighted by Gasteiger charge is 2.23. The third-order valence-corrected chi connectivity index (χ3v) is 6.82. The molecule has 0 radical (unpaired) electrons. The normalized spacial score (nSPS) is 18.0. The number of ether oxygens (including phenoxy) is 1. The molecular weight excluding hydrogens is 416 g/mol. The van der Waals surface area contributed by atoms with Crippen molar-refractivity contribution in [2.45, 2.75) is 19.1 Å². The number of morpholine rings is 1. The molecule has 0 aromatic carbocycles. The monoisotopic (exact) mass is 442 g/mol. The van der Waals surface area contributed by atoms with Gasteiger partial charge in [-0.3, -0.25) is 9.89 Å². The molecule has 3 N–H and O–H groups in total. The molecule has 28 heavy (non-hydrogen) atoms. The maximum Gasteiger partial charge on any atom is 0.191 e. The van der Waals surface area contributed by atoms with Crippen molar-refractivity contribution in [2.24, 2.45) is 4.99 Å². The van der Waals surface area contributed by atoms with Crippen LogP contribution < -0.4 is 10.6 Å². The lowest BCUT2D eigenvalue weighted by Gasteiger charge is -2.33. The van der Waals surface area contributed by atoms with Gasteiger partial charge < -0.3 is 20.5 Å². The third kappa shape index (κ3) is 6.17. The minimum atomic E-state index is -0.617. The molecular formula is C19H27ClN4O2S2. The van der Waals surface area contributed by atoms with E-state index < -0.39 is 6.10 Å². The number of hydrogen-bond acceptors (Lipinski definition) is 6. The average molecular weight is 443 g/mol. The summed E-state index contributed by atoms with van der Waals surface area (Å²) < 4.78 is 6.18. The number of aliphatic imine (C=N–C) groups is 1. The van der Waals surface area contributed by atoms with E-state index in [-0.39, 0.29) is 6.04 Å². The van der Waals surface area contributed by atoms with Crippen LogP contribution in [0.3, 0.4) is 0 Å². The second-order valence-electron chi connectivity index (χ2n) is 6.44. The Morgan fingerprint density at radius 3 is 2.75 bits per heavy atom. The largest absolute Gasteiger partial charge is 0.386 e. The van der Waals surface area contributed by atoms with Crippen molar-refractivity contribution in [2.75, 3.05) is 45.9 Å². The first kappa shape index (κ1) is 21.5. The van der Waals surface area contributed by atoms with Crippen LogP contribution in [0.25, 0.3) is 0 Å². The van der Waals surface area contributed by atoms with Crippen LogP contribution >= 0.6 is 34.3 Å². The van der Waals surface area contributed by atoms with Crippen molar-refractivity contribution >= 4 is 40.2 Å². The van der Waals surface area contributed by atoms with Crippen LogP contribution in [0.2, 0.25) is 4.34 Å². The summed E-state index contributed by atoms with van der Waals surface area (Å²) in [4.78, 5) is 9.40. The number of thiophene rings is 2. The van der Waals surface area contributed by atoms with Gasteiger partial charge >= 0.3 is 0 Å². The average Bonchev–Trinajstić information content (AvgIpc) is 3.39. The predicted octanol–water partition coefficient (Wildman–Crippen LogP) is 3.13. The van der Waals surface area contributed by atoms with E-state index in [0.717, 1.165) is 37.7 Å². The Labute approximate surface area is 179 Å². The quantitative estimate of drug-likeness (QED) is 0.433. The van der Waals surface area contributed by atoms with Gasteiger partial charge in [-0.15, -0.1) is 22.7 Å². The van der Waals surface area contributed by atoms with Crippen molar-refractivity contribution in [3.8, 4) is 0 Å². The summed E-state index contributed by atoms with van der Waals surface area (Å²) >= 11 is 9.12. The minimum Gasteiger partial charge on any atom is -0.386 e. The molecule has 0 amide bonds. The molecule has 0 spiro atoms. The van der Waals surface area contributed by atoms with Gasteiger partial charge in [0.1, 0.15) is 6.10 Å². The number of hydrogen-bond donors (Lipinski definition) is 3. The topological polar surface area (TPSA) is 69.1 Å². The van der Waals surface area contributed by atoms with E-state index >= 15 is 0 Å². The van der Waals surface area contributed by atoms with Gasteiger partial charge in [-0.1, -0.05) is 17.7 Å². The number of guanidine groups is 1. The highest BCUT2D eigenvalue weighted by atomic mass is 35.5. The van der Waals surface area contributed by atoms with Gasteiger partial charge in [0.15, 0.2) is 5.96 Å².